The van der Waals surface area contributed by atoms with Crippen molar-refractivity contribution in [2.75, 3.05) is 42.3 Å². The van der Waals surface area contributed by atoms with Crippen molar-refractivity contribution >= 4 is 23.4 Å². The number of nitrogens with two attached hydrogens (primary N) is 2. The van der Waals surface area contributed by atoms with Gasteiger partial charge in [0.1, 0.15) is 17.4 Å². The standard InChI is InChI=1S/C25H30N8O2/c1-35-17-3-4-18-16(13-17)14-25(22(18)26)6-11-31(12-7-25)19-15-28-21(23(27)30-19)24(34)32-9-2-10-33-20(32)5-8-29-33/h3-5,8,13,15,22H,2,6-7,9-12,14,26H2,1H3,(H2,27,30). The van der Waals surface area contributed by atoms with Crippen LogP contribution in [0.15, 0.2) is 36.7 Å². The number of nitrogens with zero attached hydrogens (tertiary/aromatic N) is 6. The summed E-state index contributed by atoms with van der Waals surface area (Å²) in [6, 6.07) is 8.07. The van der Waals surface area contributed by atoms with Gasteiger partial charge in [0.05, 0.1) is 19.5 Å². The lowest BCUT2D eigenvalue weighted by atomic mass is 9.73. The molecule has 10 nitrogen and oxygen atoms in total. The summed E-state index contributed by atoms with van der Waals surface area (Å²) in [6.07, 6.45) is 7.06. The van der Waals surface area contributed by atoms with E-state index in [1.807, 2.05) is 16.8 Å². The predicted octanol–water partition coefficient (Wildman–Crippen LogP) is 2.16. The number of nitrogen functional groups attached to an aromatic ring is 1. The zero-order valence-corrected chi connectivity index (χ0v) is 19.9. The lowest BCUT2D eigenvalue weighted by molar-refractivity contribution is 0.0977. The lowest BCUT2D eigenvalue weighted by Gasteiger charge is -2.42. The Morgan fingerprint density at radius 2 is 2.00 bits per heavy atom. The number of amides is 1. The third kappa shape index (κ3) is 3.51. The average molecular weight is 475 g/mol. The van der Waals surface area contributed by atoms with E-state index < -0.39 is 0 Å². The van der Waals surface area contributed by atoms with Crippen molar-refractivity contribution in [2.24, 2.45) is 11.1 Å². The molecule has 1 amide bonds. The second-order valence-electron chi connectivity index (χ2n) is 9.75. The number of hydrogen-bond donors (Lipinski definition) is 2. The Morgan fingerprint density at radius 3 is 2.77 bits per heavy atom. The quantitative estimate of drug-likeness (QED) is 0.591. The highest BCUT2D eigenvalue weighted by Gasteiger charge is 2.46. The first kappa shape index (κ1) is 21.8. The van der Waals surface area contributed by atoms with Crippen LogP contribution in [0.2, 0.25) is 0 Å². The van der Waals surface area contributed by atoms with Crippen LogP contribution in [0.1, 0.15) is 46.9 Å². The highest BCUT2D eigenvalue weighted by Crippen LogP contribution is 2.51. The fraction of sp³-hybridized carbons (Fsp3) is 0.440. The molecule has 10 heteroatoms. The molecule has 4 N–H and O–H groups in total. The first-order valence-electron chi connectivity index (χ1n) is 12.1. The molecule has 2 aliphatic heterocycles. The van der Waals surface area contributed by atoms with Gasteiger partial charge in [-0.3, -0.25) is 9.69 Å². The van der Waals surface area contributed by atoms with Crippen LogP contribution in [-0.4, -0.2) is 52.4 Å². The van der Waals surface area contributed by atoms with Crippen molar-refractivity contribution in [1.82, 2.24) is 19.7 Å². The van der Waals surface area contributed by atoms with Gasteiger partial charge >= 0.3 is 0 Å². The second kappa shape index (κ2) is 8.23. The van der Waals surface area contributed by atoms with E-state index >= 15 is 0 Å². The van der Waals surface area contributed by atoms with Crippen LogP contribution in [-0.2, 0) is 13.0 Å². The normalized spacial score (nSPS) is 20.6. The van der Waals surface area contributed by atoms with Gasteiger partial charge in [-0.25, -0.2) is 14.6 Å². The number of piperidine rings is 1. The van der Waals surface area contributed by atoms with Crippen LogP contribution >= 0.6 is 0 Å². The molecule has 1 spiro atoms. The summed E-state index contributed by atoms with van der Waals surface area (Å²) in [5, 5.41) is 4.27. The van der Waals surface area contributed by atoms with Crippen molar-refractivity contribution in [3.63, 3.8) is 0 Å². The molecule has 1 fully saturated rings. The SMILES string of the molecule is COc1ccc2c(c1)CC1(CCN(c3cnc(C(=O)N4CCCn5nccc54)c(N)n3)CC1)C2N. The summed E-state index contributed by atoms with van der Waals surface area (Å²) in [5.41, 5.74) is 15.7. The Labute approximate surface area is 203 Å². The lowest BCUT2D eigenvalue weighted by Crippen LogP contribution is -2.44. The van der Waals surface area contributed by atoms with E-state index in [0.717, 1.165) is 56.9 Å². The molecule has 0 bridgehead atoms. The number of aromatic nitrogens is 4. The van der Waals surface area contributed by atoms with Crippen LogP contribution in [0, 0.1) is 5.41 Å². The molecule has 35 heavy (non-hydrogen) atoms. The van der Waals surface area contributed by atoms with E-state index in [1.54, 1.807) is 24.4 Å². The molecule has 6 rings (SSSR count). The highest BCUT2D eigenvalue weighted by atomic mass is 16.5. The third-order valence-corrected chi connectivity index (χ3v) is 7.93. The molecule has 4 heterocycles. The molecule has 0 saturated carbocycles. The van der Waals surface area contributed by atoms with Gasteiger partial charge in [0.2, 0.25) is 0 Å². The Morgan fingerprint density at radius 1 is 1.17 bits per heavy atom. The van der Waals surface area contributed by atoms with Crippen LogP contribution in [0.3, 0.4) is 0 Å². The third-order valence-electron chi connectivity index (χ3n) is 7.93. The summed E-state index contributed by atoms with van der Waals surface area (Å²) in [7, 11) is 1.69. The monoisotopic (exact) mass is 474 g/mol. The van der Waals surface area contributed by atoms with Gasteiger partial charge < -0.3 is 21.1 Å². The van der Waals surface area contributed by atoms with Crippen LogP contribution in [0.4, 0.5) is 17.5 Å². The van der Waals surface area contributed by atoms with E-state index in [9.17, 15) is 4.79 Å². The summed E-state index contributed by atoms with van der Waals surface area (Å²) < 4.78 is 7.23. The molecule has 1 aliphatic carbocycles. The van der Waals surface area contributed by atoms with E-state index in [-0.39, 0.29) is 28.9 Å². The Hall–Kier alpha value is -3.66. The van der Waals surface area contributed by atoms with Gasteiger partial charge in [-0.2, -0.15) is 5.10 Å². The number of carbonyl (C=O) groups excluding carboxylic acids is 1. The van der Waals surface area contributed by atoms with Crippen molar-refractivity contribution in [3.05, 3.63) is 53.5 Å². The Balaban J connectivity index is 1.17. The maximum Gasteiger partial charge on any atom is 0.281 e. The number of anilines is 3. The minimum atomic E-state index is -0.245. The fourth-order valence-electron chi connectivity index (χ4n) is 5.92. The zero-order valence-electron chi connectivity index (χ0n) is 19.9. The summed E-state index contributed by atoms with van der Waals surface area (Å²) in [4.78, 5) is 26.1. The number of methoxy groups -OCH3 is 1. The number of ether oxygens (including phenoxy) is 1. The van der Waals surface area contributed by atoms with Crippen LogP contribution in [0.25, 0.3) is 0 Å². The van der Waals surface area contributed by atoms with Gasteiger partial charge in [-0.1, -0.05) is 6.07 Å². The van der Waals surface area contributed by atoms with Gasteiger partial charge in [0, 0.05) is 38.3 Å². The molecule has 1 unspecified atom stereocenters. The van der Waals surface area contributed by atoms with Gasteiger partial charge in [-0.15, -0.1) is 0 Å². The second-order valence-corrected chi connectivity index (χ2v) is 9.75. The van der Waals surface area contributed by atoms with Crippen LogP contribution in [0.5, 0.6) is 5.75 Å². The molecule has 1 saturated heterocycles. The smallest absolute Gasteiger partial charge is 0.281 e. The predicted molar refractivity (Wildman–Crippen MR) is 132 cm³/mol. The maximum atomic E-state index is 13.2. The van der Waals surface area contributed by atoms with Gasteiger partial charge in [0.15, 0.2) is 11.5 Å². The molecule has 0 radical (unpaired) electrons. The van der Waals surface area contributed by atoms with Crippen molar-refractivity contribution in [3.8, 4) is 5.75 Å². The minimum absolute atomic E-state index is 0.0136. The van der Waals surface area contributed by atoms with Crippen molar-refractivity contribution < 1.29 is 9.53 Å². The molecule has 2 aromatic heterocycles. The van der Waals surface area contributed by atoms with E-state index in [4.69, 9.17) is 16.2 Å². The largest absolute Gasteiger partial charge is 0.497 e. The molecule has 3 aromatic rings. The fourth-order valence-corrected chi connectivity index (χ4v) is 5.92. The molecule has 3 aliphatic rings. The first-order chi connectivity index (χ1) is 17.0. The van der Waals surface area contributed by atoms with E-state index in [2.05, 4.69) is 32.1 Å². The van der Waals surface area contributed by atoms with Crippen molar-refractivity contribution in [1.29, 1.82) is 0 Å². The average Bonchev–Trinajstić information content (AvgIpc) is 3.46. The minimum Gasteiger partial charge on any atom is -0.497 e. The Kier molecular flexibility index (Phi) is 5.14. The number of rotatable bonds is 3. The topological polar surface area (TPSA) is 128 Å². The molecular weight excluding hydrogens is 444 g/mol. The number of hydrogen-bond acceptors (Lipinski definition) is 8. The highest BCUT2D eigenvalue weighted by molar-refractivity contribution is 6.07. The Bertz CT molecular complexity index is 1280. The molecular formula is C25H30N8O2. The van der Waals surface area contributed by atoms with E-state index in [1.165, 1.54) is 11.1 Å². The number of aryl methyl sites for hydroxylation is 1. The first-order valence-corrected chi connectivity index (χ1v) is 12.1. The van der Waals surface area contributed by atoms with Gasteiger partial charge in [0.25, 0.3) is 5.91 Å². The van der Waals surface area contributed by atoms with Gasteiger partial charge in [-0.05, 0) is 54.4 Å². The number of fused-ring (bicyclic) bond motifs is 2. The zero-order chi connectivity index (χ0) is 24.2. The molecule has 182 valence electrons. The maximum absolute atomic E-state index is 13.2. The number of benzene rings is 1. The number of carbonyl (C=O) groups is 1. The summed E-state index contributed by atoms with van der Waals surface area (Å²) in [6.45, 7) is 3.03. The van der Waals surface area contributed by atoms with E-state index in [0.29, 0.717) is 12.4 Å². The van der Waals surface area contributed by atoms with Crippen LogP contribution < -0.4 is 26.0 Å². The summed E-state index contributed by atoms with van der Waals surface area (Å²) in [5.74, 6) is 2.25. The molecule has 1 aromatic carbocycles. The molecule has 1 atom stereocenters. The van der Waals surface area contributed by atoms with Crippen molar-refractivity contribution in [2.45, 2.75) is 38.3 Å². The summed E-state index contributed by atoms with van der Waals surface area (Å²) >= 11 is 0.